The molecule has 0 unspecified atom stereocenters. The number of fused-ring (bicyclic) bond motifs is 2. The summed E-state index contributed by atoms with van der Waals surface area (Å²) in [7, 11) is 0. The van der Waals surface area contributed by atoms with Crippen molar-refractivity contribution in [1.29, 1.82) is 0 Å². The molecular weight excluding hydrogens is 204 g/mol. The molecule has 0 fully saturated rings. The second-order valence-corrected chi connectivity index (χ2v) is 4.65. The molecule has 0 spiro atoms. The van der Waals surface area contributed by atoms with E-state index >= 15 is 0 Å². The zero-order valence-electron chi connectivity index (χ0n) is 9.23. The van der Waals surface area contributed by atoms with Crippen LogP contribution < -0.4 is 10.3 Å². The molecule has 3 rings (SSSR count). The Morgan fingerprint density at radius 3 is 2.94 bits per heavy atom. The fourth-order valence-corrected chi connectivity index (χ4v) is 2.05. The lowest BCUT2D eigenvalue weighted by Crippen LogP contribution is -2.34. The number of hydrogen-bond donors (Lipinski definition) is 0. The molecule has 82 valence electrons. The third-order valence-electron chi connectivity index (χ3n) is 2.90. The van der Waals surface area contributed by atoms with Crippen LogP contribution in [0.25, 0.3) is 10.9 Å². The lowest BCUT2D eigenvalue weighted by molar-refractivity contribution is 0.267. The quantitative estimate of drug-likeness (QED) is 0.670. The van der Waals surface area contributed by atoms with Crippen molar-refractivity contribution in [2.75, 3.05) is 6.61 Å². The first-order valence-electron chi connectivity index (χ1n) is 5.25. The van der Waals surface area contributed by atoms with Crippen LogP contribution in [-0.2, 0) is 5.54 Å². The first-order chi connectivity index (χ1) is 7.59. The summed E-state index contributed by atoms with van der Waals surface area (Å²) >= 11 is 0. The number of hydrogen-bond acceptors (Lipinski definition) is 3. The normalized spacial score (nSPS) is 17.1. The maximum atomic E-state index is 12.3. The number of benzene rings is 1. The molecule has 1 aromatic carbocycles. The lowest BCUT2D eigenvalue weighted by atomic mass is 10.1. The van der Waals surface area contributed by atoms with Crippen LogP contribution in [0.5, 0.6) is 6.01 Å². The topological polar surface area (TPSA) is 44.1 Å². The summed E-state index contributed by atoms with van der Waals surface area (Å²) in [5.41, 5.74) is 0.350. The standard InChI is InChI=1S/C12H12N2O2/c1-12(2)7-16-11-13-9-6-4-3-5-8(9)10(15)14(11)12/h3-6H,7H2,1-2H3. The average Bonchev–Trinajstić information content (AvgIpc) is 2.55. The number of nitrogens with zero attached hydrogens (tertiary/aromatic N) is 2. The molecule has 1 aliphatic heterocycles. The highest BCUT2D eigenvalue weighted by Gasteiger charge is 2.33. The fraction of sp³-hybridized carbons (Fsp3) is 0.333. The van der Waals surface area contributed by atoms with Crippen LogP contribution in [0.1, 0.15) is 13.8 Å². The molecule has 1 aromatic heterocycles. The molecule has 0 radical (unpaired) electrons. The van der Waals surface area contributed by atoms with E-state index in [1.165, 1.54) is 0 Å². The van der Waals surface area contributed by atoms with Gasteiger partial charge >= 0.3 is 0 Å². The molecule has 1 aliphatic rings. The summed E-state index contributed by atoms with van der Waals surface area (Å²) in [5, 5.41) is 0.643. The molecule has 0 aliphatic carbocycles. The zero-order chi connectivity index (χ0) is 11.3. The molecule has 0 atom stereocenters. The largest absolute Gasteiger partial charge is 0.462 e. The summed E-state index contributed by atoms with van der Waals surface area (Å²) < 4.78 is 7.09. The van der Waals surface area contributed by atoms with Crippen LogP contribution in [0.2, 0.25) is 0 Å². The molecule has 0 saturated heterocycles. The molecule has 0 N–H and O–H groups in total. The van der Waals surface area contributed by atoms with Crippen molar-refractivity contribution < 1.29 is 4.74 Å². The summed E-state index contributed by atoms with van der Waals surface area (Å²) in [4.78, 5) is 16.6. The lowest BCUT2D eigenvalue weighted by Gasteiger charge is -2.17. The van der Waals surface area contributed by atoms with E-state index in [2.05, 4.69) is 4.98 Å². The van der Waals surface area contributed by atoms with Gasteiger partial charge in [0.1, 0.15) is 6.61 Å². The van der Waals surface area contributed by atoms with Crippen molar-refractivity contribution in [2.24, 2.45) is 0 Å². The Kier molecular flexibility index (Phi) is 1.67. The Morgan fingerprint density at radius 2 is 2.12 bits per heavy atom. The van der Waals surface area contributed by atoms with E-state index in [0.717, 1.165) is 0 Å². The van der Waals surface area contributed by atoms with Gasteiger partial charge in [-0.15, -0.1) is 0 Å². The molecule has 2 heterocycles. The zero-order valence-corrected chi connectivity index (χ0v) is 9.23. The van der Waals surface area contributed by atoms with Crippen molar-refractivity contribution in [1.82, 2.24) is 9.55 Å². The highest BCUT2D eigenvalue weighted by molar-refractivity contribution is 5.77. The van der Waals surface area contributed by atoms with Crippen LogP contribution in [0, 0.1) is 0 Å². The maximum Gasteiger partial charge on any atom is 0.300 e. The highest BCUT2D eigenvalue weighted by atomic mass is 16.5. The van der Waals surface area contributed by atoms with Gasteiger partial charge in [-0.25, -0.2) is 0 Å². The van der Waals surface area contributed by atoms with E-state index in [4.69, 9.17) is 4.74 Å². The smallest absolute Gasteiger partial charge is 0.300 e. The van der Waals surface area contributed by atoms with Gasteiger partial charge in [-0.2, -0.15) is 4.98 Å². The van der Waals surface area contributed by atoms with E-state index in [-0.39, 0.29) is 11.1 Å². The number of rotatable bonds is 0. The van der Waals surface area contributed by atoms with Crippen LogP contribution in [0.3, 0.4) is 0 Å². The van der Waals surface area contributed by atoms with Gasteiger partial charge in [0.15, 0.2) is 0 Å². The summed E-state index contributed by atoms with van der Waals surface area (Å²) in [5.74, 6) is 0. The molecule has 16 heavy (non-hydrogen) atoms. The molecule has 4 heteroatoms. The minimum Gasteiger partial charge on any atom is -0.462 e. The predicted molar refractivity (Wildman–Crippen MR) is 60.8 cm³/mol. The maximum absolute atomic E-state index is 12.3. The molecule has 0 amide bonds. The van der Waals surface area contributed by atoms with Crippen LogP contribution in [0.4, 0.5) is 0 Å². The van der Waals surface area contributed by atoms with Gasteiger partial charge in [0.2, 0.25) is 0 Å². The van der Waals surface area contributed by atoms with Crippen molar-refractivity contribution in [3.8, 4) is 6.01 Å². The van der Waals surface area contributed by atoms with E-state index < -0.39 is 0 Å². The Morgan fingerprint density at radius 1 is 1.38 bits per heavy atom. The number of ether oxygens (including phenoxy) is 1. The summed E-state index contributed by atoms with van der Waals surface area (Å²) in [6, 6.07) is 7.76. The van der Waals surface area contributed by atoms with Gasteiger partial charge in [-0.05, 0) is 26.0 Å². The second-order valence-electron chi connectivity index (χ2n) is 4.65. The highest BCUT2D eigenvalue weighted by Crippen LogP contribution is 2.27. The van der Waals surface area contributed by atoms with Gasteiger partial charge in [0.05, 0.1) is 16.4 Å². The summed E-state index contributed by atoms with van der Waals surface area (Å²) in [6.07, 6.45) is 0. The molecule has 2 aromatic rings. The van der Waals surface area contributed by atoms with Gasteiger partial charge < -0.3 is 4.74 Å². The minimum absolute atomic E-state index is 0.0249. The van der Waals surface area contributed by atoms with E-state index in [9.17, 15) is 4.79 Å². The minimum atomic E-state index is -0.316. The van der Waals surface area contributed by atoms with Crippen molar-refractivity contribution >= 4 is 10.9 Å². The van der Waals surface area contributed by atoms with Crippen molar-refractivity contribution in [3.63, 3.8) is 0 Å². The number of aromatic nitrogens is 2. The molecule has 0 saturated carbocycles. The first-order valence-corrected chi connectivity index (χ1v) is 5.25. The van der Waals surface area contributed by atoms with Gasteiger partial charge in [0, 0.05) is 0 Å². The fourth-order valence-electron chi connectivity index (χ4n) is 2.05. The van der Waals surface area contributed by atoms with Gasteiger partial charge in [-0.3, -0.25) is 9.36 Å². The monoisotopic (exact) mass is 216 g/mol. The Hall–Kier alpha value is -1.84. The van der Waals surface area contributed by atoms with Gasteiger partial charge in [0.25, 0.3) is 11.6 Å². The third-order valence-corrected chi connectivity index (χ3v) is 2.90. The summed E-state index contributed by atoms with van der Waals surface area (Å²) in [6.45, 7) is 4.44. The van der Waals surface area contributed by atoms with E-state index in [1.807, 2.05) is 32.0 Å². The van der Waals surface area contributed by atoms with E-state index in [1.54, 1.807) is 10.6 Å². The van der Waals surface area contributed by atoms with Crippen molar-refractivity contribution in [3.05, 3.63) is 34.6 Å². The van der Waals surface area contributed by atoms with Crippen LogP contribution in [0.15, 0.2) is 29.1 Å². The Labute approximate surface area is 92.5 Å². The Bertz CT molecular complexity index is 628. The second kappa shape index (κ2) is 2.84. The van der Waals surface area contributed by atoms with Crippen LogP contribution in [-0.4, -0.2) is 16.2 Å². The Balaban J connectivity index is 2.47. The van der Waals surface area contributed by atoms with Crippen LogP contribution >= 0.6 is 0 Å². The predicted octanol–water partition coefficient (Wildman–Crippen LogP) is 1.52. The average molecular weight is 216 g/mol. The molecule has 0 bridgehead atoms. The first kappa shape index (κ1) is 9.39. The van der Waals surface area contributed by atoms with E-state index in [0.29, 0.717) is 23.5 Å². The van der Waals surface area contributed by atoms with Crippen molar-refractivity contribution in [2.45, 2.75) is 19.4 Å². The number of para-hydroxylation sites is 1. The SMILES string of the molecule is CC1(C)COc2nc3ccccc3c(=O)n21. The molecule has 4 nitrogen and oxygen atoms in total. The third kappa shape index (κ3) is 1.10. The van der Waals surface area contributed by atoms with Gasteiger partial charge in [-0.1, -0.05) is 12.1 Å². The molecular formula is C12H12N2O2.